The second-order valence-corrected chi connectivity index (χ2v) is 6.54. The SMILES string of the molecule is Cc1cc(=O)n2nc(N(C)CC(=O)NCC3CCCO3)sc2n1. The van der Waals surface area contributed by atoms with Gasteiger partial charge in [-0.15, -0.1) is 5.10 Å². The lowest BCUT2D eigenvalue weighted by molar-refractivity contribution is -0.120. The Labute approximate surface area is 137 Å². The fraction of sp³-hybridized carbons (Fsp3) is 0.571. The molecule has 0 spiro atoms. The summed E-state index contributed by atoms with van der Waals surface area (Å²) in [5.74, 6) is -0.0984. The first-order valence-corrected chi connectivity index (χ1v) is 8.31. The molecule has 3 heterocycles. The van der Waals surface area contributed by atoms with Crippen molar-refractivity contribution in [3.05, 3.63) is 22.1 Å². The molecule has 0 aromatic carbocycles. The molecule has 2 aromatic rings. The van der Waals surface area contributed by atoms with Crippen molar-refractivity contribution >= 4 is 27.3 Å². The van der Waals surface area contributed by atoms with Crippen LogP contribution < -0.4 is 15.8 Å². The molecule has 0 saturated carbocycles. The minimum Gasteiger partial charge on any atom is -0.376 e. The van der Waals surface area contributed by atoms with Gasteiger partial charge in [-0.1, -0.05) is 11.3 Å². The number of aromatic nitrogens is 3. The number of fused-ring (bicyclic) bond motifs is 1. The zero-order valence-electron chi connectivity index (χ0n) is 13.1. The molecule has 1 fully saturated rings. The van der Waals surface area contributed by atoms with Crippen LogP contribution in [0.1, 0.15) is 18.5 Å². The van der Waals surface area contributed by atoms with Gasteiger partial charge in [-0.3, -0.25) is 9.59 Å². The van der Waals surface area contributed by atoms with Crippen LogP contribution in [-0.2, 0) is 9.53 Å². The second-order valence-electron chi connectivity index (χ2n) is 5.61. The van der Waals surface area contributed by atoms with Crippen LogP contribution in [0.2, 0.25) is 0 Å². The molecule has 1 aliphatic rings. The highest BCUT2D eigenvalue weighted by Crippen LogP contribution is 2.19. The third-order valence-electron chi connectivity index (χ3n) is 3.62. The van der Waals surface area contributed by atoms with Crippen LogP contribution in [0, 0.1) is 6.92 Å². The molecule has 1 atom stereocenters. The van der Waals surface area contributed by atoms with Crippen molar-refractivity contribution in [3.63, 3.8) is 0 Å². The van der Waals surface area contributed by atoms with Gasteiger partial charge in [0.15, 0.2) is 0 Å². The van der Waals surface area contributed by atoms with Crippen LogP contribution in [0.5, 0.6) is 0 Å². The van der Waals surface area contributed by atoms with Gasteiger partial charge in [-0.25, -0.2) is 4.98 Å². The van der Waals surface area contributed by atoms with E-state index in [1.807, 2.05) is 0 Å². The van der Waals surface area contributed by atoms with E-state index in [1.54, 1.807) is 18.9 Å². The van der Waals surface area contributed by atoms with Crippen molar-refractivity contribution in [2.45, 2.75) is 25.9 Å². The van der Waals surface area contributed by atoms with Crippen molar-refractivity contribution in [1.29, 1.82) is 0 Å². The predicted octanol–water partition coefficient (Wildman–Crippen LogP) is 0.191. The summed E-state index contributed by atoms with van der Waals surface area (Å²) < 4.78 is 6.73. The summed E-state index contributed by atoms with van der Waals surface area (Å²) in [5.41, 5.74) is 0.438. The number of hydrogen-bond donors (Lipinski definition) is 1. The van der Waals surface area contributed by atoms with Gasteiger partial charge < -0.3 is 15.0 Å². The Morgan fingerprint density at radius 1 is 1.61 bits per heavy atom. The summed E-state index contributed by atoms with van der Waals surface area (Å²) in [5, 5.41) is 7.67. The van der Waals surface area contributed by atoms with E-state index in [0.29, 0.717) is 22.3 Å². The Balaban J connectivity index is 1.63. The molecule has 8 nitrogen and oxygen atoms in total. The lowest BCUT2D eigenvalue weighted by Gasteiger charge is -2.16. The first-order valence-electron chi connectivity index (χ1n) is 7.50. The van der Waals surface area contributed by atoms with Gasteiger partial charge in [-0.05, 0) is 19.8 Å². The fourth-order valence-corrected chi connectivity index (χ4v) is 3.35. The minimum absolute atomic E-state index is 0.0984. The number of nitrogens with one attached hydrogen (secondary N) is 1. The van der Waals surface area contributed by atoms with Crippen LogP contribution in [0.15, 0.2) is 10.9 Å². The van der Waals surface area contributed by atoms with E-state index in [9.17, 15) is 9.59 Å². The Hall–Kier alpha value is -2.00. The quantitative estimate of drug-likeness (QED) is 0.838. The van der Waals surface area contributed by atoms with E-state index in [-0.39, 0.29) is 24.1 Å². The highest BCUT2D eigenvalue weighted by molar-refractivity contribution is 7.20. The maximum Gasteiger partial charge on any atom is 0.275 e. The zero-order valence-corrected chi connectivity index (χ0v) is 13.9. The standard InChI is InChI=1S/C14H19N5O3S/c1-9-6-12(21)19-13(16-9)23-14(17-19)18(2)8-11(20)15-7-10-4-3-5-22-10/h6,10H,3-5,7-8H2,1-2H3,(H,15,20). The number of carbonyl (C=O) groups is 1. The van der Waals surface area contributed by atoms with Gasteiger partial charge in [0.1, 0.15) is 0 Å². The van der Waals surface area contributed by atoms with E-state index in [1.165, 1.54) is 21.9 Å². The highest BCUT2D eigenvalue weighted by atomic mass is 32.1. The second kappa shape index (κ2) is 6.63. The number of amides is 1. The largest absolute Gasteiger partial charge is 0.376 e. The normalized spacial score (nSPS) is 17.6. The van der Waals surface area contributed by atoms with E-state index in [4.69, 9.17) is 4.74 Å². The average Bonchev–Trinajstić information content (AvgIpc) is 3.14. The average molecular weight is 337 g/mol. The summed E-state index contributed by atoms with van der Waals surface area (Å²) in [6.07, 6.45) is 2.16. The van der Waals surface area contributed by atoms with Crippen molar-refractivity contribution in [3.8, 4) is 0 Å². The molecule has 1 amide bonds. The number of nitrogens with zero attached hydrogens (tertiary/aromatic N) is 4. The molecular formula is C14H19N5O3S. The molecule has 9 heteroatoms. The first-order chi connectivity index (χ1) is 11.0. The molecule has 2 aromatic heterocycles. The van der Waals surface area contributed by atoms with Gasteiger partial charge in [0.05, 0.1) is 12.6 Å². The maximum atomic E-state index is 12.0. The topological polar surface area (TPSA) is 88.8 Å². The third kappa shape index (κ3) is 3.67. The van der Waals surface area contributed by atoms with Gasteiger partial charge in [0.2, 0.25) is 16.0 Å². The van der Waals surface area contributed by atoms with Crippen molar-refractivity contribution in [2.24, 2.45) is 0 Å². The summed E-state index contributed by atoms with van der Waals surface area (Å²) in [7, 11) is 1.77. The smallest absolute Gasteiger partial charge is 0.275 e. The Bertz CT molecular complexity index is 765. The first kappa shape index (κ1) is 15.9. The number of carbonyl (C=O) groups excluding carboxylic acids is 1. The van der Waals surface area contributed by atoms with Gasteiger partial charge in [0, 0.05) is 32.0 Å². The van der Waals surface area contributed by atoms with Crippen LogP contribution in [-0.4, -0.2) is 53.4 Å². The van der Waals surface area contributed by atoms with E-state index >= 15 is 0 Å². The molecule has 0 radical (unpaired) electrons. The molecule has 124 valence electrons. The third-order valence-corrected chi connectivity index (χ3v) is 4.64. The number of likely N-dealkylation sites (N-methyl/N-ethyl adjacent to an activating group) is 1. The Kier molecular flexibility index (Phi) is 4.58. The minimum atomic E-state index is -0.216. The molecule has 0 bridgehead atoms. The summed E-state index contributed by atoms with van der Waals surface area (Å²) in [6.45, 7) is 3.24. The lowest BCUT2D eigenvalue weighted by atomic mass is 10.2. The monoisotopic (exact) mass is 337 g/mol. The van der Waals surface area contributed by atoms with Gasteiger partial charge in [0.25, 0.3) is 5.56 Å². The molecular weight excluding hydrogens is 318 g/mol. The van der Waals surface area contributed by atoms with E-state index in [0.717, 1.165) is 19.4 Å². The lowest BCUT2D eigenvalue weighted by Crippen LogP contribution is -2.38. The zero-order chi connectivity index (χ0) is 16.4. The van der Waals surface area contributed by atoms with E-state index in [2.05, 4.69) is 15.4 Å². The predicted molar refractivity (Wildman–Crippen MR) is 87.1 cm³/mol. The molecule has 0 aliphatic carbocycles. The van der Waals surface area contributed by atoms with E-state index < -0.39 is 0 Å². The van der Waals surface area contributed by atoms with Crippen molar-refractivity contribution < 1.29 is 9.53 Å². The molecule has 1 aliphatic heterocycles. The molecule has 23 heavy (non-hydrogen) atoms. The highest BCUT2D eigenvalue weighted by Gasteiger charge is 2.18. The van der Waals surface area contributed by atoms with Crippen molar-refractivity contribution in [2.75, 3.05) is 31.6 Å². The number of rotatable bonds is 5. The molecule has 3 rings (SSSR count). The van der Waals surface area contributed by atoms with Crippen LogP contribution >= 0.6 is 11.3 Å². The van der Waals surface area contributed by atoms with Gasteiger partial charge >= 0.3 is 0 Å². The number of aryl methyl sites for hydroxylation is 1. The number of ether oxygens (including phenoxy) is 1. The summed E-state index contributed by atoms with van der Waals surface area (Å²) >= 11 is 1.28. The Morgan fingerprint density at radius 3 is 3.17 bits per heavy atom. The number of hydrogen-bond acceptors (Lipinski definition) is 7. The molecule has 1 saturated heterocycles. The van der Waals surface area contributed by atoms with Crippen LogP contribution in [0.4, 0.5) is 5.13 Å². The maximum absolute atomic E-state index is 12.0. The number of anilines is 1. The molecule has 1 N–H and O–H groups in total. The van der Waals surface area contributed by atoms with Crippen LogP contribution in [0.25, 0.3) is 4.96 Å². The summed E-state index contributed by atoms with van der Waals surface area (Å²) in [4.78, 5) is 30.4. The molecule has 1 unspecified atom stereocenters. The fourth-order valence-electron chi connectivity index (χ4n) is 2.44. The summed E-state index contributed by atoms with van der Waals surface area (Å²) in [6, 6.07) is 1.44. The Morgan fingerprint density at radius 2 is 2.43 bits per heavy atom. The van der Waals surface area contributed by atoms with Crippen LogP contribution in [0.3, 0.4) is 0 Å². The van der Waals surface area contributed by atoms with Crippen molar-refractivity contribution in [1.82, 2.24) is 19.9 Å². The van der Waals surface area contributed by atoms with Gasteiger partial charge in [-0.2, -0.15) is 4.52 Å².